The maximum atomic E-state index is 13.0. The normalized spacial score (nSPS) is 10.5. The van der Waals surface area contributed by atoms with E-state index in [-0.39, 0.29) is 18.3 Å². The van der Waals surface area contributed by atoms with E-state index in [1.54, 1.807) is 29.5 Å². The van der Waals surface area contributed by atoms with Gasteiger partial charge in [-0.3, -0.25) is 9.59 Å². The highest BCUT2D eigenvalue weighted by Gasteiger charge is 2.17. The van der Waals surface area contributed by atoms with Crippen LogP contribution in [0.4, 0.5) is 0 Å². The van der Waals surface area contributed by atoms with Crippen molar-refractivity contribution in [1.29, 1.82) is 0 Å². The number of carbonyl (C=O) groups is 2. The van der Waals surface area contributed by atoms with Gasteiger partial charge in [0, 0.05) is 21.9 Å². The smallest absolute Gasteiger partial charge is 0.260 e. The maximum absolute atomic E-state index is 13.0. The second-order valence-corrected chi connectivity index (χ2v) is 8.65. The Morgan fingerprint density at radius 3 is 2.42 bits per heavy atom. The molecule has 1 amide bonds. The topological polar surface area (TPSA) is 55.8 Å². The lowest BCUT2D eigenvalue weighted by Gasteiger charge is -2.23. The molecule has 0 saturated carbocycles. The van der Waals surface area contributed by atoms with Crippen molar-refractivity contribution < 1.29 is 19.1 Å². The molecule has 3 rings (SSSR count). The molecule has 1 aromatic heterocycles. The lowest BCUT2D eigenvalue weighted by Crippen LogP contribution is -2.35. The number of ether oxygens (including phenoxy) is 2. The van der Waals surface area contributed by atoms with Crippen molar-refractivity contribution in [2.45, 2.75) is 26.8 Å². The lowest BCUT2D eigenvalue weighted by atomic mass is 10.1. The van der Waals surface area contributed by atoms with Crippen LogP contribution in [0.3, 0.4) is 0 Å². The summed E-state index contributed by atoms with van der Waals surface area (Å²) < 4.78 is 11.1. The van der Waals surface area contributed by atoms with Gasteiger partial charge in [-0.2, -0.15) is 0 Å². The fourth-order valence-electron chi connectivity index (χ4n) is 3.20. The number of hydrogen-bond acceptors (Lipinski definition) is 5. The van der Waals surface area contributed by atoms with Crippen LogP contribution >= 0.6 is 11.3 Å². The molecule has 0 aliphatic rings. The van der Waals surface area contributed by atoms with Gasteiger partial charge in [0.2, 0.25) is 0 Å². The summed E-state index contributed by atoms with van der Waals surface area (Å²) in [4.78, 5) is 28.8. The summed E-state index contributed by atoms with van der Waals surface area (Å²) >= 11 is 1.69. The summed E-state index contributed by atoms with van der Waals surface area (Å²) in [5, 5.41) is 0. The summed E-state index contributed by atoms with van der Waals surface area (Å²) in [6, 6.07) is 19.2. The zero-order chi connectivity index (χ0) is 22.2. The van der Waals surface area contributed by atoms with Crippen LogP contribution in [-0.2, 0) is 17.8 Å². The van der Waals surface area contributed by atoms with Crippen LogP contribution in [0, 0.1) is 6.92 Å². The van der Waals surface area contributed by atoms with Crippen molar-refractivity contribution in [2.75, 3.05) is 20.3 Å². The highest BCUT2D eigenvalue weighted by atomic mass is 32.1. The summed E-state index contributed by atoms with van der Waals surface area (Å²) in [6.45, 7) is 4.60. The zero-order valence-corrected chi connectivity index (χ0v) is 18.9. The number of amides is 1. The van der Waals surface area contributed by atoms with E-state index in [1.807, 2.05) is 23.1 Å². The van der Waals surface area contributed by atoms with Gasteiger partial charge in [0.15, 0.2) is 23.9 Å². The van der Waals surface area contributed by atoms with Crippen molar-refractivity contribution in [1.82, 2.24) is 4.90 Å². The third-order valence-electron chi connectivity index (χ3n) is 4.93. The van der Waals surface area contributed by atoms with Crippen molar-refractivity contribution in [2.24, 2.45) is 0 Å². The molecule has 1 heterocycles. The second-order valence-electron chi connectivity index (χ2n) is 7.27. The highest BCUT2D eigenvalue weighted by molar-refractivity contribution is 7.11. The van der Waals surface area contributed by atoms with Crippen LogP contribution in [-0.4, -0.2) is 36.9 Å². The Hall–Kier alpha value is -3.12. The van der Waals surface area contributed by atoms with Crippen molar-refractivity contribution >= 4 is 23.0 Å². The van der Waals surface area contributed by atoms with Gasteiger partial charge in [-0.1, -0.05) is 30.3 Å². The molecule has 162 valence electrons. The molecule has 6 heteroatoms. The van der Waals surface area contributed by atoms with E-state index in [4.69, 9.17) is 9.47 Å². The first-order valence-electron chi connectivity index (χ1n) is 10.1. The van der Waals surface area contributed by atoms with Crippen LogP contribution in [0.5, 0.6) is 11.5 Å². The molecular weight excluding hydrogens is 410 g/mol. The third kappa shape index (κ3) is 6.43. The first kappa shape index (κ1) is 22.6. The van der Waals surface area contributed by atoms with E-state index in [2.05, 4.69) is 31.2 Å². The predicted octanol–water partition coefficient (Wildman–Crippen LogP) is 4.92. The van der Waals surface area contributed by atoms with Gasteiger partial charge in [0.05, 0.1) is 13.7 Å². The summed E-state index contributed by atoms with van der Waals surface area (Å²) in [6.07, 6.45) is 0.771. The molecule has 5 nitrogen and oxygen atoms in total. The minimum atomic E-state index is -0.102. The minimum Gasteiger partial charge on any atom is -0.493 e. The summed E-state index contributed by atoms with van der Waals surface area (Å²) in [5.41, 5.74) is 1.72. The second kappa shape index (κ2) is 10.8. The molecule has 0 unspecified atom stereocenters. The van der Waals surface area contributed by atoms with Crippen molar-refractivity contribution in [3.8, 4) is 11.5 Å². The summed E-state index contributed by atoms with van der Waals surface area (Å²) in [7, 11) is 1.51. The van der Waals surface area contributed by atoms with E-state index >= 15 is 0 Å². The largest absolute Gasteiger partial charge is 0.493 e. The molecule has 0 spiro atoms. The van der Waals surface area contributed by atoms with Gasteiger partial charge < -0.3 is 14.4 Å². The molecule has 0 atom stereocenters. The Kier molecular flexibility index (Phi) is 7.84. The molecule has 3 aromatic rings. The number of aryl methyl sites for hydroxylation is 1. The van der Waals surface area contributed by atoms with E-state index in [1.165, 1.54) is 24.5 Å². The van der Waals surface area contributed by atoms with Crippen LogP contribution in [0.1, 0.15) is 32.6 Å². The van der Waals surface area contributed by atoms with Gasteiger partial charge in [-0.05, 0) is 56.2 Å². The molecule has 31 heavy (non-hydrogen) atoms. The standard InChI is InChI=1S/C25H27NO4S/c1-18-9-11-22(31-18)16-26(14-13-20-7-5-4-6-8-20)25(28)17-30-23-12-10-21(19(2)27)15-24(23)29-3/h4-12,15H,13-14,16-17H2,1-3H3. The fourth-order valence-corrected chi connectivity index (χ4v) is 4.10. The minimum absolute atomic E-state index is 0.0562. The lowest BCUT2D eigenvalue weighted by molar-refractivity contribution is -0.134. The van der Waals surface area contributed by atoms with Crippen LogP contribution in [0.2, 0.25) is 0 Å². The van der Waals surface area contributed by atoms with Crippen molar-refractivity contribution in [3.05, 3.63) is 81.5 Å². The maximum Gasteiger partial charge on any atom is 0.260 e. The monoisotopic (exact) mass is 437 g/mol. The molecule has 0 aliphatic carbocycles. The third-order valence-corrected chi connectivity index (χ3v) is 5.92. The highest BCUT2D eigenvalue weighted by Crippen LogP contribution is 2.28. The van der Waals surface area contributed by atoms with E-state index in [9.17, 15) is 9.59 Å². The SMILES string of the molecule is COc1cc(C(C)=O)ccc1OCC(=O)N(CCc1ccccc1)Cc1ccc(C)s1. The average Bonchev–Trinajstić information content (AvgIpc) is 3.20. The Balaban J connectivity index is 1.69. The molecule has 2 aromatic carbocycles. The Bertz CT molecular complexity index is 1030. The number of nitrogens with zero attached hydrogens (tertiary/aromatic N) is 1. The number of carbonyl (C=O) groups excluding carboxylic acids is 2. The molecular formula is C25H27NO4S. The quantitative estimate of drug-likeness (QED) is 0.423. The molecule has 0 radical (unpaired) electrons. The molecule has 0 bridgehead atoms. The zero-order valence-electron chi connectivity index (χ0n) is 18.1. The number of thiophene rings is 1. The Morgan fingerprint density at radius 1 is 1.00 bits per heavy atom. The van der Waals surface area contributed by atoms with Crippen molar-refractivity contribution in [3.63, 3.8) is 0 Å². The van der Waals surface area contributed by atoms with Gasteiger partial charge >= 0.3 is 0 Å². The predicted molar refractivity (Wildman–Crippen MR) is 123 cm³/mol. The number of rotatable bonds is 10. The molecule has 0 fully saturated rings. The number of Topliss-reactive ketones (excluding diaryl/α,β-unsaturated/α-hetero) is 1. The molecule has 0 N–H and O–H groups in total. The van der Waals surface area contributed by atoms with Crippen LogP contribution in [0.15, 0.2) is 60.7 Å². The van der Waals surface area contributed by atoms with E-state index in [0.717, 1.165) is 11.3 Å². The molecule has 0 saturated heterocycles. The van der Waals surface area contributed by atoms with Gasteiger partial charge in [-0.15, -0.1) is 11.3 Å². The first-order valence-corrected chi connectivity index (χ1v) is 11.0. The van der Waals surface area contributed by atoms with E-state index < -0.39 is 0 Å². The number of hydrogen-bond donors (Lipinski definition) is 0. The fraction of sp³-hybridized carbons (Fsp3) is 0.280. The van der Waals surface area contributed by atoms with Crippen LogP contribution in [0.25, 0.3) is 0 Å². The molecule has 0 aliphatic heterocycles. The van der Waals surface area contributed by atoms with E-state index in [0.29, 0.717) is 30.2 Å². The number of benzene rings is 2. The van der Waals surface area contributed by atoms with Gasteiger partial charge in [0.1, 0.15) is 0 Å². The van der Waals surface area contributed by atoms with Gasteiger partial charge in [-0.25, -0.2) is 0 Å². The Morgan fingerprint density at radius 2 is 1.77 bits per heavy atom. The summed E-state index contributed by atoms with van der Waals surface area (Å²) in [5.74, 6) is 0.722. The van der Waals surface area contributed by atoms with Gasteiger partial charge in [0.25, 0.3) is 5.91 Å². The Labute approximate surface area is 187 Å². The first-order chi connectivity index (χ1) is 15.0. The van der Waals surface area contributed by atoms with Crippen LogP contribution < -0.4 is 9.47 Å². The number of methoxy groups -OCH3 is 1. The number of ketones is 1. The average molecular weight is 438 g/mol.